The monoisotopic (exact) mass is 392 g/mol. The van der Waals surface area contributed by atoms with Crippen LogP contribution >= 0.6 is 0 Å². The van der Waals surface area contributed by atoms with Crippen molar-refractivity contribution in [2.75, 3.05) is 13.1 Å². The minimum absolute atomic E-state index is 0.0905. The van der Waals surface area contributed by atoms with Gasteiger partial charge < -0.3 is 15.0 Å². The molecule has 1 heterocycles. The number of nitrogens with one attached hydrogen (secondary N) is 1. The summed E-state index contributed by atoms with van der Waals surface area (Å²) < 4.78 is 5.73. The second-order valence-corrected chi connectivity index (χ2v) is 8.06. The minimum atomic E-state index is -0.0905. The van der Waals surface area contributed by atoms with Crippen molar-refractivity contribution in [1.82, 2.24) is 10.2 Å². The zero-order chi connectivity index (χ0) is 20.1. The van der Waals surface area contributed by atoms with Crippen molar-refractivity contribution in [3.8, 4) is 5.75 Å². The summed E-state index contributed by atoms with van der Waals surface area (Å²) in [5.74, 6) is 1.20. The molecule has 152 valence electrons. The van der Waals surface area contributed by atoms with Gasteiger partial charge in [0.15, 0.2) is 0 Å². The predicted molar refractivity (Wildman–Crippen MR) is 112 cm³/mol. The molecule has 2 aliphatic rings. The molecular weight excluding hydrogens is 364 g/mol. The third-order valence-corrected chi connectivity index (χ3v) is 5.92. The quantitative estimate of drug-likeness (QED) is 0.780. The van der Waals surface area contributed by atoms with Gasteiger partial charge in [-0.05, 0) is 42.7 Å². The summed E-state index contributed by atoms with van der Waals surface area (Å²) in [6.45, 7) is 1.79. The van der Waals surface area contributed by atoms with Crippen molar-refractivity contribution in [3.63, 3.8) is 0 Å². The van der Waals surface area contributed by atoms with Gasteiger partial charge in [0.25, 0.3) is 5.91 Å². The van der Waals surface area contributed by atoms with E-state index in [2.05, 4.69) is 5.32 Å². The Kier molecular flexibility index (Phi) is 6.13. The van der Waals surface area contributed by atoms with Crippen molar-refractivity contribution < 1.29 is 14.3 Å². The summed E-state index contributed by atoms with van der Waals surface area (Å²) in [4.78, 5) is 26.8. The molecule has 1 saturated heterocycles. The maximum absolute atomic E-state index is 12.5. The standard InChI is InChI=1S/C24H28N2O3/c27-23-14-19(16-26(23)21-6-4-5-7-21)15-25-24(28)20-12-10-18(11-13-20)17-29-22-8-2-1-3-9-22/h1-3,8-13,19,21H,4-7,14-17H2,(H,25,28). The maximum atomic E-state index is 12.5. The van der Waals surface area contributed by atoms with E-state index in [0.717, 1.165) is 30.7 Å². The maximum Gasteiger partial charge on any atom is 0.251 e. The summed E-state index contributed by atoms with van der Waals surface area (Å²) in [6, 6.07) is 17.6. The zero-order valence-electron chi connectivity index (χ0n) is 16.7. The SMILES string of the molecule is O=C(NCC1CC(=O)N(C2CCCC2)C1)c1ccc(COc2ccccc2)cc1. The molecule has 0 bridgehead atoms. The van der Waals surface area contributed by atoms with E-state index in [4.69, 9.17) is 4.74 Å². The Labute approximate surface area is 172 Å². The second kappa shape index (κ2) is 9.12. The summed E-state index contributed by atoms with van der Waals surface area (Å²) >= 11 is 0. The van der Waals surface area contributed by atoms with Crippen LogP contribution in [0.2, 0.25) is 0 Å². The average molecular weight is 392 g/mol. The first-order valence-electron chi connectivity index (χ1n) is 10.5. The van der Waals surface area contributed by atoms with Gasteiger partial charge in [-0.25, -0.2) is 0 Å². The number of para-hydroxylation sites is 1. The summed E-state index contributed by atoms with van der Waals surface area (Å²) in [6.07, 6.45) is 5.26. The fraction of sp³-hybridized carbons (Fsp3) is 0.417. The molecule has 0 radical (unpaired) electrons. The lowest BCUT2D eigenvalue weighted by Gasteiger charge is -2.24. The highest BCUT2D eigenvalue weighted by Gasteiger charge is 2.35. The first-order valence-corrected chi connectivity index (χ1v) is 10.5. The van der Waals surface area contributed by atoms with Gasteiger partial charge in [0.2, 0.25) is 5.91 Å². The van der Waals surface area contributed by atoms with Gasteiger partial charge in [0.1, 0.15) is 12.4 Å². The molecule has 1 atom stereocenters. The molecule has 29 heavy (non-hydrogen) atoms. The van der Waals surface area contributed by atoms with E-state index in [0.29, 0.717) is 31.2 Å². The number of nitrogens with zero attached hydrogens (tertiary/aromatic N) is 1. The van der Waals surface area contributed by atoms with Crippen molar-refractivity contribution in [1.29, 1.82) is 0 Å². The second-order valence-electron chi connectivity index (χ2n) is 8.06. The molecule has 2 amide bonds. The fourth-order valence-corrected chi connectivity index (χ4v) is 4.29. The van der Waals surface area contributed by atoms with Gasteiger partial charge in [-0.15, -0.1) is 0 Å². The van der Waals surface area contributed by atoms with Gasteiger partial charge in [0.05, 0.1) is 0 Å². The average Bonchev–Trinajstić information content (AvgIpc) is 3.41. The first kappa shape index (κ1) is 19.5. The Morgan fingerprint density at radius 3 is 2.48 bits per heavy atom. The summed E-state index contributed by atoms with van der Waals surface area (Å²) in [5.41, 5.74) is 1.64. The van der Waals surface area contributed by atoms with Crippen molar-refractivity contribution in [2.24, 2.45) is 5.92 Å². The van der Waals surface area contributed by atoms with Crippen LogP contribution in [0.15, 0.2) is 54.6 Å². The largest absolute Gasteiger partial charge is 0.489 e. The molecule has 1 N–H and O–H groups in total. The number of carbonyl (C=O) groups excluding carboxylic acids is 2. The highest BCUT2D eigenvalue weighted by molar-refractivity contribution is 5.94. The van der Waals surface area contributed by atoms with E-state index in [1.54, 1.807) is 0 Å². The molecular formula is C24H28N2O3. The van der Waals surface area contributed by atoms with E-state index in [1.165, 1.54) is 12.8 Å². The van der Waals surface area contributed by atoms with Crippen LogP contribution in [0.3, 0.4) is 0 Å². The molecule has 1 saturated carbocycles. The molecule has 1 aliphatic carbocycles. The first-order chi connectivity index (χ1) is 14.2. The highest BCUT2D eigenvalue weighted by Crippen LogP contribution is 2.29. The molecule has 5 heteroatoms. The lowest BCUT2D eigenvalue weighted by atomic mass is 10.1. The fourth-order valence-electron chi connectivity index (χ4n) is 4.29. The number of ether oxygens (including phenoxy) is 1. The van der Waals surface area contributed by atoms with Crippen LogP contribution in [0.4, 0.5) is 0 Å². The van der Waals surface area contributed by atoms with Gasteiger partial charge in [0, 0.05) is 37.0 Å². The number of carbonyl (C=O) groups is 2. The van der Waals surface area contributed by atoms with Gasteiger partial charge in [-0.2, -0.15) is 0 Å². The highest BCUT2D eigenvalue weighted by atomic mass is 16.5. The van der Waals surface area contributed by atoms with Crippen LogP contribution in [-0.4, -0.2) is 35.8 Å². The summed E-state index contributed by atoms with van der Waals surface area (Å²) in [5, 5.41) is 3.00. The molecule has 1 unspecified atom stereocenters. The molecule has 2 fully saturated rings. The zero-order valence-corrected chi connectivity index (χ0v) is 16.7. The van der Waals surface area contributed by atoms with Gasteiger partial charge in [-0.3, -0.25) is 9.59 Å². The Bertz CT molecular complexity index is 829. The third kappa shape index (κ3) is 4.97. The molecule has 5 nitrogen and oxygen atoms in total. The van der Waals surface area contributed by atoms with E-state index in [1.807, 2.05) is 59.5 Å². The molecule has 1 aliphatic heterocycles. The Hall–Kier alpha value is -2.82. The van der Waals surface area contributed by atoms with Crippen LogP contribution in [-0.2, 0) is 11.4 Å². The number of likely N-dealkylation sites (tertiary alicyclic amines) is 1. The van der Waals surface area contributed by atoms with Crippen LogP contribution in [0.5, 0.6) is 5.75 Å². The van der Waals surface area contributed by atoms with Crippen LogP contribution < -0.4 is 10.1 Å². The molecule has 4 rings (SSSR count). The van der Waals surface area contributed by atoms with Crippen molar-refractivity contribution in [3.05, 3.63) is 65.7 Å². The van der Waals surface area contributed by atoms with Crippen molar-refractivity contribution >= 4 is 11.8 Å². The van der Waals surface area contributed by atoms with Crippen LogP contribution in [0.1, 0.15) is 48.0 Å². The lowest BCUT2D eigenvalue weighted by Crippen LogP contribution is -2.36. The molecule has 0 spiro atoms. The number of hydrogen-bond acceptors (Lipinski definition) is 3. The Morgan fingerprint density at radius 2 is 1.76 bits per heavy atom. The summed E-state index contributed by atoms with van der Waals surface area (Å²) in [7, 11) is 0. The minimum Gasteiger partial charge on any atom is -0.489 e. The molecule has 2 aromatic rings. The molecule has 0 aromatic heterocycles. The van der Waals surface area contributed by atoms with E-state index >= 15 is 0 Å². The van der Waals surface area contributed by atoms with Gasteiger partial charge in [-0.1, -0.05) is 43.2 Å². The van der Waals surface area contributed by atoms with Crippen LogP contribution in [0.25, 0.3) is 0 Å². The lowest BCUT2D eigenvalue weighted by molar-refractivity contribution is -0.129. The topological polar surface area (TPSA) is 58.6 Å². The van der Waals surface area contributed by atoms with Crippen molar-refractivity contribution in [2.45, 2.75) is 44.8 Å². The number of amides is 2. The predicted octanol–water partition coefficient (Wildman–Crippen LogP) is 3.79. The van der Waals surface area contributed by atoms with E-state index < -0.39 is 0 Å². The number of hydrogen-bond donors (Lipinski definition) is 1. The molecule has 2 aromatic carbocycles. The van der Waals surface area contributed by atoms with Crippen LogP contribution in [0, 0.1) is 5.92 Å². The Balaban J connectivity index is 1.24. The normalized spacial score (nSPS) is 19.5. The number of benzene rings is 2. The van der Waals surface area contributed by atoms with E-state index in [-0.39, 0.29) is 17.7 Å². The van der Waals surface area contributed by atoms with E-state index in [9.17, 15) is 9.59 Å². The number of rotatable bonds is 7. The third-order valence-electron chi connectivity index (χ3n) is 5.92. The smallest absolute Gasteiger partial charge is 0.251 e. The van der Waals surface area contributed by atoms with Gasteiger partial charge >= 0.3 is 0 Å². The Morgan fingerprint density at radius 1 is 1.03 bits per heavy atom.